The molecule has 13 nitrogen and oxygen atoms in total. The molecule has 0 aliphatic heterocycles. The molecular formula is C23H25N9O4. The van der Waals surface area contributed by atoms with Crippen molar-refractivity contribution in [2.24, 2.45) is 13.0 Å². The number of pyridine rings is 1. The minimum atomic E-state index is -0.762. The standard InChI is InChI=1S/C23H25N9O4/c1-14-19(36-16-5-3-4-15(10-16)23(33)34)7-6-17(27-14)22-18(31(2)30-28-22)12-35-21-11-20(24-13-25-21)32-9-8-26-29-32/h6-9,11,13,15-16H,3-5,10,12H2,1-2H3,(H,33,34)/t15-,16-/m0/s1. The van der Waals surface area contributed by atoms with Crippen LogP contribution in [0.3, 0.4) is 0 Å². The maximum atomic E-state index is 11.4. The van der Waals surface area contributed by atoms with E-state index in [4.69, 9.17) is 9.47 Å². The highest BCUT2D eigenvalue weighted by molar-refractivity contribution is 5.70. The summed E-state index contributed by atoms with van der Waals surface area (Å²) in [4.78, 5) is 24.4. The summed E-state index contributed by atoms with van der Waals surface area (Å²) in [6.07, 6.45) is 7.35. The van der Waals surface area contributed by atoms with Gasteiger partial charge < -0.3 is 14.6 Å². The highest BCUT2D eigenvalue weighted by Gasteiger charge is 2.28. The smallest absolute Gasteiger partial charge is 0.306 e. The van der Waals surface area contributed by atoms with Gasteiger partial charge in [-0.15, -0.1) is 10.2 Å². The SMILES string of the molecule is Cc1nc(-c2nnn(C)c2COc2cc(-n3ccnn3)ncn2)ccc1O[C@H]1CCC[C@H](C(=O)O)C1. The van der Waals surface area contributed by atoms with Crippen molar-refractivity contribution < 1.29 is 19.4 Å². The molecular weight excluding hydrogens is 466 g/mol. The van der Waals surface area contributed by atoms with Gasteiger partial charge in [0.05, 0.1) is 35.8 Å². The van der Waals surface area contributed by atoms with E-state index in [2.05, 4.69) is 35.6 Å². The van der Waals surface area contributed by atoms with Gasteiger partial charge in [0.15, 0.2) is 5.82 Å². The first kappa shape index (κ1) is 23.3. The van der Waals surface area contributed by atoms with Crippen LogP contribution in [0.25, 0.3) is 17.2 Å². The molecule has 1 N–H and O–H groups in total. The maximum absolute atomic E-state index is 11.4. The second kappa shape index (κ2) is 10.1. The molecule has 1 aliphatic carbocycles. The largest absolute Gasteiger partial charge is 0.489 e. The van der Waals surface area contributed by atoms with Crippen LogP contribution in [0.5, 0.6) is 11.6 Å². The summed E-state index contributed by atoms with van der Waals surface area (Å²) in [6.45, 7) is 2.01. The normalized spacial score (nSPS) is 17.6. The first-order valence-corrected chi connectivity index (χ1v) is 11.6. The molecule has 1 saturated carbocycles. The molecule has 13 heteroatoms. The number of aryl methyl sites for hydroxylation is 2. The van der Waals surface area contributed by atoms with Crippen LogP contribution in [0, 0.1) is 12.8 Å². The van der Waals surface area contributed by atoms with Crippen LogP contribution in [0.15, 0.2) is 36.9 Å². The third-order valence-corrected chi connectivity index (χ3v) is 6.13. The molecule has 4 aromatic rings. The lowest BCUT2D eigenvalue weighted by Gasteiger charge is -2.27. The number of carboxylic acid groups (broad SMARTS) is 1. The van der Waals surface area contributed by atoms with Gasteiger partial charge in [0.25, 0.3) is 0 Å². The molecule has 4 aromatic heterocycles. The van der Waals surface area contributed by atoms with E-state index in [9.17, 15) is 9.90 Å². The Morgan fingerprint density at radius 2 is 2.11 bits per heavy atom. The molecule has 1 aliphatic rings. The third kappa shape index (κ3) is 4.99. The van der Waals surface area contributed by atoms with Gasteiger partial charge in [-0.05, 0) is 44.7 Å². The average molecular weight is 492 g/mol. The number of nitrogens with zero attached hydrogens (tertiary/aromatic N) is 9. The van der Waals surface area contributed by atoms with Crippen LogP contribution in [-0.4, -0.2) is 62.1 Å². The number of hydrogen-bond donors (Lipinski definition) is 1. The molecule has 4 heterocycles. The number of ether oxygens (including phenoxy) is 2. The van der Waals surface area contributed by atoms with E-state index in [0.29, 0.717) is 53.1 Å². The van der Waals surface area contributed by atoms with E-state index in [1.165, 1.54) is 11.0 Å². The molecule has 36 heavy (non-hydrogen) atoms. The zero-order chi connectivity index (χ0) is 25.1. The average Bonchev–Trinajstić information content (AvgIpc) is 3.55. The molecule has 2 atom stereocenters. The van der Waals surface area contributed by atoms with Crippen LogP contribution in [-0.2, 0) is 18.4 Å². The lowest BCUT2D eigenvalue weighted by atomic mass is 9.87. The van der Waals surface area contributed by atoms with Crippen LogP contribution in [0.2, 0.25) is 0 Å². The number of rotatable bonds is 8. The van der Waals surface area contributed by atoms with E-state index in [-0.39, 0.29) is 18.6 Å². The quantitative estimate of drug-likeness (QED) is 0.385. The summed E-state index contributed by atoms with van der Waals surface area (Å²) in [7, 11) is 1.78. The van der Waals surface area contributed by atoms with E-state index in [0.717, 1.165) is 12.8 Å². The lowest BCUT2D eigenvalue weighted by Crippen LogP contribution is -2.29. The minimum Gasteiger partial charge on any atom is -0.489 e. The van der Waals surface area contributed by atoms with Gasteiger partial charge in [0.1, 0.15) is 30.1 Å². The molecule has 0 amide bonds. The summed E-state index contributed by atoms with van der Waals surface area (Å²) in [5.41, 5.74) is 2.62. The topological polar surface area (TPSA) is 156 Å². The van der Waals surface area contributed by atoms with Crippen molar-refractivity contribution in [1.29, 1.82) is 0 Å². The highest BCUT2D eigenvalue weighted by atomic mass is 16.5. The number of hydrogen-bond acceptors (Lipinski definition) is 10. The zero-order valence-corrected chi connectivity index (χ0v) is 19.9. The predicted octanol–water partition coefficient (Wildman–Crippen LogP) is 2.16. The zero-order valence-electron chi connectivity index (χ0n) is 19.9. The van der Waals surface area contributed by atoms with E-state index < -0.39 is 5.97 Å². The summed E-state index contributed by atoms with van der Waals surface area (Å²) >= 11 is 0. The van der Waals surface area contributed by atoms with Crippen LogP contribution in [0.1, 0.15) is 37.1 Å². The summed E-state index contributed by atoms with van der Waals surface area (Å²) in [5.74, 6) is 0.408. The Labute approximate surface area is 206 Å². The lowest BCUT2D eigenvalue weighted by molar-refractivity contribution is -0.143. The number of carbonyl (C=O) groups is 1. The monoisotopic (exact) mass is 491 g/mol. The fourth-order valence-corrected chi connectivity index (χ4v) is 4.21. The van der Waals surface area contributed by atoms with Gasteiger partial charge in [0, 0.05) is 13.1 Å². The van der Waals surface area contributed by atoms with Crippen molar-refractivity contribution >= 4 is 5.97 Å². The number of carboxylic acids is 1. The summed E-state index contributed by atoms with van der Waals surface area (Å²) < 4.78 is 15.2. The Bertz CT molecular complexity index is 1360. The first-order chi connectivity index (χ1) is 17.5. The second-order valence-electron chi connectivity index (χ2n) is 8.58. The van der Waals surface area contributed by atoms with Crippen molar-refractivity contribution in [3.63, 3.8) is 0 Å². The van der Waals surface area contributed by atoms with Crippen LogP contribution in [0.4, 0.5) is 0 Å². The van der Waals surface area contributed by atoms with Crippen molar-refractivity contribution in [2.75, 3.05) is 0 Å². The fourth-order valence-electron chi connectivity index (χ4n) is 4.21. The van der Waals surface area contributed by atoms with Gasteiger partial charge in [0.2, 0.25) is 5.88 Å². The second-order valence-corrected chi connectivity index (χ2v) is 8.58. The van der Waals surface area contributed by atoms with E-state index in [1.807, 2.05) is 19.1 Å². The Morgan fingerprint density at radius 3 is 2.89 bits per heavy atom. The molecule has 0 saturated heterocycles. The van der Waals surface area contributed by atoms with Gasteiger partial charge in [-0.1, -0.05) is 10.4 Å². The molecule has 0 aromatic carbocycles. The minimum absolute atomic E-state index is 0.137. The van der Waals surface area contributed by atoms with Gasteiger partial charge in [-0.2, -0.15) is 0 Å². The predicted molar refractivity (Wildman–Crippen MR) is 124 cm³/mol. The number of aliphatic carboxylic acids is 1. The van der Waals surface area contributed by atoms with Crippen LogP contribution >= 0.6 is 0 Å². The van der Waals surface area contributed by atoms with Crippen molar-refractivity contribution in [1.82, 2.24) is 44.9 Å². The summed E-state index contributed by atoms with van der Waals surface area (Å²) in [6, 6.07) is 5.32. The first-order valence-electron chi connectivity index (χ1n) is 11.6. The molecule has 0 unspecified atom stereocenters. The highest BCUT2D eigenvalue weighted by Crippen LogP contribution is 2.30. The Morgan fingerprint density at radius 1 is 1.22 bits per heavy atom. The fraction of sp³-hybridized carbons (Fsp3) is 0.391. The van der Waals surface area contributed by atoms with Gasteiger partial charge in [-0.3, -0.25) is 4.79 Å². The third-order valence-electron chi connectivity index (χ3n) is 6.13. The van der Waals surface area contributed by atoms with Gasteiger partial charge >= 0.3 is 5.97 Å². The molecule has 0 bridgehead atoms. The van der Waals surface area contributed by atoms with E-state index >= 15 is 0 Å². The van der Waals surface area contributed by atoms with Gasteiger partial charge in [-0.25, -0.2) is 24.3 Å². The van der Waals surface area contributed by atoms with Crippen molar-refractivity contribution in [2.45, 2.75) is 45.3 Å². The summed E-state index contributed by atoms with van der Waals surface area (Å²) in [5, 5.41) is 25.5. The van der Waals surface area contributed by atoms with Crippen LogP contribution < -0.4 is 9.47 Å². The molecule has 186 valence electrons. The Kier molecular flexibility index (Phi) is 6.52. The Balaban J connectivity index is 1.30. The Hall–Kier alpha value is -4.42. The van der Waals surface area contributed by atoms with Crippen molar-refractivity contribution in [3.05, 3.63) is 48.3 Å². The molecule has 0 radical (unpaired) electrons. The maximum Gasteiger partial charge on any atom is 0.306 e. The van der Waals surface area contributed by atoms with E-state index in [1.54, 1.807) is 30.2 Å². The molecule has 5 rings (SSSR count). The number of aromatic nitrogens is 9. The van der Waals surface area contributed by atoms with Crippen molar-refractivity contribution in [3.8, 4) is 28.8 Å². The molecule has 1 fully saturated rings. The molecule has 0 spiro atoms.